The molecule has 0 aromatic rings. The van der Waals surface area contributed by atoms with Crippen LogP contribution in [0, 0.1) is 0 Å². The molecular weight excluding hydrogens is 298 g/mol. The van der Waals surface area contributed by atoms with Gasteiger partial charge in [0.25, 0.3) is 0 Å². The van der Waals surface area contributed by atoms with Gasteiger partial charge in [0.05, 0.1) is 7.11 Å². The minimum atomic E-state index is -6.62. The minimum Gasteiger partial charge on any atom is -0.453 e. The lowest BCUT2D eigenvalue weighted by molar-refractivity contribution is -0.357. The number of halogens is 8. The number of hydrogen-bond donors (Lipinski definition) is 2. The van der Waals surface area contributed by atoms with Crippen LogP contribution < -0.4 is 5.32 Å². The molecule has 114 valence electrons. The fraction of sp³-hybridized carbons (Fsp3) is 0.857. The van der Waals surface area contributed by atoms with Gasteiger partial charge in [-0.05, 0) is 0 Å². The highest BCUT2D eigenvalue weighted by molar-refractivity contribution is 5.67. The monoisotopic (exact) mass is 305 g/mol. The van der Waals surface area contributed by atoms with Crippen molar-refractivity contribution in [3.8, 4) is 0 Å². The van der Waals surface area contributed by atoms with Gasteiger partial charge in [-0.15, -0.1) is 0 Å². The van der Waals surface area contributed by atoms with E-state index in [0.717, 1.165) is 0 Å². The molecule has 0 aliphatic carbocycles. The summed E-state index contributed by atoms with van der Waals surface area (Å²) in [6.45, 7) is 0. The van der Waals surface area contributed by atoms with Gasteiger partial charge in [0, 0.05) is 0 Å². The van der Waals surface area contributed by atoms with Gasteiger partial charge >= 0.3 is 30.3 Å². The quantitative estimate of drug-likeness (QED) is 0.602. The van der Waals surface area contributed by atoms with Crippen molar-refractivity contribution >= 4 is 6.09 Å². The molecule has 0 unspecified atom stereocenters. The fourth-order valence-electron chi connectivity index (χ4n) is 0.792. The number of nitrogens with one attached hydrogen (secondary N) is 1. The zero-order valence-corrected chi connectivity index (χ0v) is 8.94. The summed E-state index contributed by atoms with van der Waals surface area (Å²) in [5, 5.41) is 9.21. The van der Waals surface area contributed by atoms with Crippen molar-refractivity contribution in [1.82, 2.24) is 5.32 Å². The van der Waals surface area contributed by atoms with Crippen molar-refractivity contribution < 1.29 is 49.8 Å². The molecule has 0 radical (unpaired) electrons. The van der Waals surface area contributed by atoms with Crippen molar-refractivity contribution in [3.05, 3.63) is 0 Å². The van der Waals surface area contributed by atoms with Crippen molar-refractivity contribution in [3.63, 3.8) is 0 Å². The number of carbonyl (C=O) groups excluding carboxylic acids is 1. The van der Waals surface area contributed by atoms with Crippen LogP contribution in [0.3, 0.4) is 0 Å². The Morgan fingerprint density at radius 2 is 1.53 bits per heavy atom. The Labute approximate surface area is 99.9 Å². The molecule has 4 nitrogen and oxygen atoms in total. The van der Waals surface area contributed by atoms with E-state index >= 15 is 0 Å². The maximum atomic E-state index is 12.9. The zero-order chi connectivity index (χ0) is 15.6. The number of alkyl halides is 8. The van der Waals surface area contributed by atoms with E-state index in [9.17, 15) is 39.9 Å². The Kier molecular flexibility index (Phi) is 4.97. The number of alkyl carbamates (subject to hydrolysis) is 1. The van der Waals surface area contributed by atoms with Gasteiger partial charge in [-0.2, -0.15) is 26.3 Å². The summed E-state index contributed by atoms with van der Waals surface area (Å²) in [7, 11) is 0.589. The molecule has 0 fully saturated rings. The van der Waals surface area contributed by atoms with Crippen LogP contribution in [0.15, 0.2) is 0 Å². The first-order chi connectivity index (χ1) is 8.32. The maximum absolute atomic E-state index is 12.9. The van der Waals surface area contributed by atoms with Crippen LogP contribution in [0.4, 0.5) is 39.9 Å². The van der Waals surface area contributed by atoms with E-state index in [1.54, 1.807) is 0 Å². The van der Waals surface area contributed by atoms with E-state index in [0.29, 0.717) is 12.4 Å². The van der Waals surface area contributed by atoms with E-state index in [4.69, 9.17) is 5.11 Å². The Morgan fingerprint density at radius 1 is 1.11 bits per heavy atom. The normalized spacial score (nSPS) is 15.3. The second-order valence-corrected chi connectivity index (χ2v) is 3.16. The molecule has 0 aromatic carbocycles. The molecule has 0 spiro atoms. The Hall–Kier alpha value is -1.33. The first kappa shape index (κ1) is 17.7. The number of hydrogen-bond acceptors (Lipinski definition) is 3. The second kappa shape index (κ2) is 5.35. The number of amides is 1. The summed E-state index contributed by atoms with van der Waals surface area (Å²) < 4.78 is 103. The van der Waals surface area contributed by atoms with Crippen LogP contribution in [0.1, 0.15) is 0 Å². The van der Waals surface area contributed by atoms with Gasteiger partial charge in [-0.1, -0.05) is 0 Å². The van der Waals surface area contributed by atoms with Gasteiger partial charge in [0.1, 0.15) is 0 Å². The summed E-state index contributed by atoms with van der Waals surface area (Å²) in [6, 6.07) is 0. The number of methoxy groups -OCH3 is 1. The lowest BCUT2D eigenvalue weighted by atomic mass is 10.0. The van der Waals surface area contributed by atoms with Crippen molar-refractivity contribution in [2.75, 3.05) is 7.11 Å². The SMILES string of the molecule is COC(=O)N[C@@H](O)C(F)(F)C(F)(F)C(F)(F)C(F)F. The molecule has 19 heavy (non-hydrogen) atoms. The van der Waals surface area contributed by atoms with Crippen LogP contribution in [0.25, 0.3) is 0 Å². The van der Waals surface area contributed by atoms with Crippen molar-refractivity contribution in [1.29, 1.82) is 0 Å². The van der Waals surface area contributed by atoms with E-state index in [1.807, 2.05) is 0 Å². The number of rotatable bonds is 5. The smallest absolute Gasteiger partial charge is 0.409 e. The molecule has 1 amide bonds. The highest BCUT2D eigenvalue weighted by atomic mass is 19.4. The van der Waals surface area contributed by atoms with E-state index in [-0.39, 0.29) is 0 Å². The lowest BCUT2D eigenvalue weighted by Gasteiger charge is -2.34. The molecular formula is C7H7F8NO3. The molecule has 0 saturated carbocycles. The predicted octanol–water partition coefficient (Wildman–Crippen LogP) is 1.83. The average molecular weight is 305 g/mol. The molecule has 1 atom stereocenters. The lowest BCUT2D eigenvalue weighted by Crippen LogP contribution is -2.65. The summed E-state index contributed by atoms with van der Waals surface area (Å²) in [6.07, 6.45) is -10.8. The largest absolute Gasteiger partial charge is 0.453 e. The third-order valence-electron chi connectivity index (χ3n) is 1.89. The van der Waals surface area contributed by atoms with Crippen LogP contribution >= 0.6 is 0 Å². The van der Waals surface area contributed by atoms with Gasteiger partial charge < -0.3 is 9.84 Å². The predicted molar refractivity (Wildman–Crippen MR) is 42.4 cm³/mol. The minimum absolute atomic E-state index is 0.589. The first-order valence-electron chi connectivity index (χ1n) is 4.26. The topological polar surface area (TPSA) is 58.6 Å². The number of aliphatic hydroxyl groups is 1. The van der Waals surface area contributed by atoms with E-state index < -0.39 is 36.5 Å². The van der Waals surface area contributed by atoms with Crippen LogP contribution in [0.5, 0.6) is 0 Å². The molecule has 2 N–H and O–H groups in total. The molecule has 0 saturated heterocycles. The summed E-state index contributed by atoms with van der Waals surface area (Å²) in [4.78, 5) is 10.4. The van der Waals surface area contributed by atoms with Crippen molar-refractivity contribution in [2.24, 2.45) is 0 Å². The number of carbonyl (C=O) groups is 1. The van der Waals surface area contributed by atoms with Crippen LogP contribution in [-0.4, -0.2) is 48.7 Å². The second-order valence-electron chi connectivity index (χ2n) is 3.16. The molecule has 0 aliphatic heterocycles. The number of ether oxygens (including phenoxy) is 1. The highest BCUT2D eigenvalue weighted by Crippen LogP contribution is 2.49. The molecule has 12 heteroatoms. The van der Waals surface area contributed by atoms with E-state index in [1.165, 1.54) is 0 Å². The van der Waals surface area contributed by atoms with Gasteiger partial charge in [0.2, 0.25) is 6.23 Å². The zero-order valence-electron chi connectivity index (χ0n) is 8.94. The van der Waals surface area contributed by atoms with Gasteiger partial charge in [-0.3, -0.25) is 5.32 Å². The van der Waals surface area contributed by atoms with Crippen LogP contribution in [-0.2, 0) is 4.74 Å². The maximum Gasteiger partial charge on any atom is 0.409 e. The molecule has 0 bridgehead atoms. The molecule has 0 aliphatic rings. The number of aliphatic hydroxyl groups excluding tert-OH is 1. The summed E-state index contributed by atoms with van der Waals surface area (Å²) >= 11 is 0. The van der Waals surface area contributed by atoms with Crippen molar-refractivity contribution in [2.45, 2.75) is 30.4 Å². The average Bonchev–Trinajstić information content (AvgIpc) is 2.27. The van der Waals surface area contributed by atoms with E-state index in [2.05, 4.69) is 4.74 Å². The summed E-state index contributed by atoms with van der Waals surface area (Å²) in [5.74, 6) is -19.1. The Morgan fingerprint density at radius 3 is 1.84 bits per heavy atom. The third-order valence-corrected chi connectivity index (χ3v) is 1.89. The Bertz CT molecular complexity index is 334. The Balaban J connectivity index is 5.32. The highest BCUT2D eigenvalue weighted by Gasteiger charge is 2.77. The standard InChI is InChI=1S/C7H7F8NO3/c1-19-4(18)16-3(17)6(12,13)7(14,15)5(10,11)2(8)9/h2-3,17H,1H3,(H,16,18)/t3-/m0/s1. The van der Waals surface area contributed by atoms with Crippen LogP contribution in [0.2, 0.25) is 0 Å². The molecule has 0 aromatic heterocycles. The molecule has 0 rings (SSSR count). The van der Waals surface area contributed by atoms with Gasteiger partial charge in [0.15, 0.2) is 0 Å². The first-order valence-corrected chi connectivity index (χ1v) is 4.26. The molecule has 0 heterocycles. The fourth-order valence-corrected chi connectivity index (χ4v) is 0.792. The summed E-state index contributed by atoms with van der Waals surface area (Å²) in [5.41, 5.74) is 0. The third kappa shape index (κ3) is 2.98. The van der Waals surface area contributed by atoms with Gasteiger partial charge in [-0.25, -0.2) is 13.6 Å².